The van der Waals surface area contributed by atoms with Gasteiger partial charge < -0.3 is 15.6 Å². The summed E-state index contributed by atoms with van der Waals surface area (Å²) in [7, 11) is 0. The van der Waals surface area contributed by atoms with Gasteiger partial charge in [0.1, 0.15) is 5.69 Å². The van der Waals surface area contributed by atoms with Crippen LogP contribution in [-0.2, 0) is 0 Å². The Hall–Kier alpha value is -2.27. The minimum atomic E-state index is -0.152. The highest BCUT2D eigenvalue weighted by Crippen LogP contribution is 2.28. The summed E-state index contributed by atoms with van der Waals surface area (Å²) in [4.78, 5) is 15.8. The summed E-state index contributed by atoms with van der Waals surface area (Å²) in [6, 6.07) is 16.4. The number of amides is 1. The van der Waals surface area contributed by atoms with Gasteiger partial charge in [-0.05, 0) is 59.1 Å². The highest BCUT2D eigenvalue weighted by Gasteiger charge is 2.16. The topological polar surface area (TPSA) is 56.9 Å². The molecule has 1 aliphatic rings. The largest absolute Gasteiger partial charge is 0.382 e. The standard InChI is InChI=1S/C21H22BrN3O/c22-19-17-8-4-5-9-18(17)25-20(19)21(26)24-16-12-10-15(11-13-16)23-14-6-2-1-3-7-14/h4-5,8-14,23,25H,1-3,6-7H2,(H,24,26). The zero-order valence-corrected chi connectivity index (χ0v) is 16.1. The van der Waals surface area contributed by atoms with Crippen molar-refractivity contribution in [2.24, 2.45) is 0 Å². The number of carbonyl (C=O) groups is 1. The van der Waals surface area contributed by atoms with Crippen LogP contribution in [0.5, 0.6) is 0 Å². The van der Waals surface area contributed by atoms with E-state index in [1.54, 1.807) is 0 Å². The molecule has 1 aromatic heterocycles. The number of nitrogens with one attached hydrogen (secondary N) is 3. The summed E-state index contributed by atoms with van der Waals surface area (Å²) < 4.78 is 0.793. The number of hydrogen-bond acceptors (Lipinski definition) is 2. The predicted octanol–water partition coefficient (Wildman–Crippen LogP) is 5.93. The Morgan fingerprint density at radius 3 is 2.38 bits per heavy atom. The van der Waals surface area contributed by atoms with Gasteiger partial charge in [-0.2, -0.15) is 0 Å². The number of para-hydroxylation sites is 1. The summed E-state index contributed by atoms with van der Waals surface area (Å²) >= 11 is 3.53. The van der Waals surface area contributed by atoms with Crippen LogP contribution in [-0.4, -0.2) is 16.9 Å². The average molecular weight is 412 g/mol. The van der Waals surface area contributed by atoms with Crippen molar-refractivity contribution in [2.45, 2.75) is 38.1 Å². The third-order valence-electron chi connectivity index (χ3n) is 4.99. The zero-order chi connectivity index (χ0) is 17.9. The molecular weight excluding hydrogens is 390 g/mol. The molecule has 4 rings (SSSR count). The van der Waals surface area contributed by atoms with Crippen LogP contribution in [0.3, 0.4) is 0 Å². The molecule has 134 valence electrons. The molecular formula is C21H22BrN3O. The molecule has 1 aliphatic carbocycles. The Balaban J connectivity index is 1.44. The van der Waals surface area contributed by atoms with E-state index in [9.17, 15) is 4.79 Å². The summed E-state index contributed by atoms with van der Waals surface area (Å²) in [5.74, 6) is -0.152. The van der Waals surface area contributed by atoms with E-state index in [0.717, 1.165) is 26.8 Å². The number of aromatic nitrogens is 1. The van der Waals surface area contributed by atoms with Gasteiger partial charge in [0.25, 0.3) is 5.91 Å². The van der Waals surface area contributed by atoms with E-state index in [1.807, 2.05) is 48.5 Å². The molecule has 1 fully saturated rings. The van der Waals surface area contributed by atoms with Crippen LogP contribution in [0.4, 0.5) is 11.4 Å². The van der Waals surface area contributed by atoms with E-state index in [-0.39, 0.29) is 5.91 Å². The molecule has 2 aromatic carbocycles. The number of hydrogen-bond donors (Lipinski definition) is 3. The Labute approximate surface area is 161 Å². The fraction of sp³-hybridized carbons (Fsp3) is 0.286. The predicted molar refractivity (Wildman–Crippen MR) is 111 cm³/mol. The number of fused-ring (bicyclic) bond motifs is 1. The number of benzene rings is 2. The van der Waals surface area contributed by atoms with Gasteiger partial charge >= 0.3 is 0 Å². The quantitative estimate of drug-likeness (QED) is 0.498. The molecule has 3 N–H and O–H groups in total. The van der Waals surface area contributed by atoms with Crippen molar-refractivity contribution >= 4 is 44.1 Å². The molecule has 5 heteroatoms. The van der Waals surface area contributed by atoms with Crippen molar-refractivity contribution in [3.05, 3.63) is 58.7 Å². The van der Waals surface area contributed by atoms with Gasteiger partial charge in [-0.15, -0.1) is 0 Å². The zero-order valence-electron chi connectivity index (χ0n) is 14.5. The molecule has 1 amide bonds. The fourth-order valence-corrected chi connectivity index (χ4v) is 4.22. The monoisotopic (exact) mass is 411 g/mol. The number of halogens is 1. The Bertz CT molecular complexity index is 911. The van der Waals surface area contributed by atoms with Crippen LogP contribution >= 0.6 is 15.9 Å². The van der Waals surface area contributed by atoms with E-state index >= 15 is 0 Å². The molecule has 26 heavy (non-hydrogen) atoms. The number of carbonyl (C=O) groups excluding carboxylic acids is 1. The van der Waals surface area contributed by atoms with E-state index in [1.165, 1.54) is 32.1 Å². The third kappa shape index (κ3) is 3.63. The number of aromatic amines is 1. The minimum absolute atomic E-state index is 0.152. The maximum absolute atomic E-state index is 12.6. The molecule has 3 aromatic rings. The van der Waals surface area contributed by atoms with Crippen molar-refractivity contribution in [3.63, 3.8) is 0 Å². The van der Waals surface area contributed by atoms with Crippen LogP contribution < -0.4 is 10.6 Å². The van der Waals surface area contributed by atoms with Gasteiger partial charge in [-0.1, -0.05) is 37.5 Å². The van der Waals surface area contributed by atoms with Crippen molar-refractivity contribution in [2.75, 3.05) is 10.6 Å². The highest BCUT2D eigenvalue weighted by atomic mass is 79.9. The molecule has 4 nitrogen and oxygen atoms in total. The second-order valence-electron chi connectivity index (χ2n) is 6.87. The lowest BCUT2D eigenvalue weighted by atomic mass is 9.95. The van der Waals surface area contributed by atoms with Crippen LogP contribution in [0.15, 0.2) is 53.0 Å². The fourth-order valence-electron chi connectivity index (χ4n) is 3.59. The van der Waals surface area contributed by atoms with E-state index in [0.29, 0.717) is 11.7 Å². The lowest BCUT2D eigenvalue weighted by Crippen LogP contribution is -2.22. The first-order valence-electron chi connectivity index (χ1n) is 9.15. The van der Waals surface area contributed by atoms with Crippen LogP contribution in [0.1, 0.15) is 42.6 Å². The van der Waals surface area contributed by atoms with E-state index < -0.39 is 0 Å². The maximum Gasteiger partial charge on any atom is 0.273 e. The second kappa shape index (κ2) is 7.54. The van der Waals surface area contributed by atoms with Crippen LogP contribution in [0.25, 0.3) is 10.9 Å². The van der Waals surface area contributed by atoms with Gasteiger partial charge in [0.15, 0.2) is 0 Å². The molecule has 0 saturated heterocycles. The molecule has 0 bridgehead atoms. The molecule has 0 aliphatic heterocycles. The summed E-state index contributed by atoms with van der Waals surface area (Å²) in [6.45, 7) is 0. The van der Waals surface area contributed by atoms with Gasteiger partial charge in [-0.3, -0.25) is 4.79 Å². The average Bonchev–Trinajstić information content (AvgIpc) is 3.01. The summed E-state index contributed by atoms with van der Waals surface area (Å²) in [5, 5.41) is 7.56. The van der Waals surface area contributed by atoms with Gasteiger partial charge in [-0.25, -0.2) is 0 Å². The van der Waals surface area contributed by atoms with Crippen molar-refractivity contribution in [3.8, 4) is 0 Å². The summed E-state index contributed by atoms with van der Waals surface area (Å²) in [6.07, 6.45) is 6.46. The van der Waals surface area contributed by atoms with Gasteiger partial charge in [0.05, 0.1) is 4.47 Å². The SMILES string of the molecule is O=C(Nc1ccc(NC2CCCCC2)cc1)c1[nH]c2ccccc2c1Br. The van der Waals surface area contributed by atoms with Crippen LogP contribution in [0.2, 0.25) is 0 Å². The first-order chi connectivity index (χ1) is 12.7. The molecule has 0 radical (unpaired) electrons. The van der Waals surface area contributed by atoms with Gasteiger partial charge in [0, 0.05) is 28.3 Å². The molecule has 0 unspecified atom stereocenters. The maximum atomic E-state index is 12.6. The second-order valence-corrected chi connectivity index (χ2v) is 7.66. The first kappa shape index (κ1) is 17.2. The first-order valence-corrected chi connectivity index (χ1v) is 9.94. The van der Waals surface area contributed by atoms with E-state index in [2.05, 4.69) is 31.5 Å². The van der Waals surface area contributed by atoms with Gasteiger partial charge in [0.2, 0.25) is 0 Å². The van der Waals surface area contributed by atoms with E-state index in [4.69, 9.17) is 0 Å². The molecule has 0 spiro atoms. The molecule has 1 saturated carbocycles. The molecule has 1 heterocycles. The Morgan fingerprint density at radius 1 is 0.962 bits per heavy atom. The third-order valence-corrected chi connectivity index (χ3v) is 5.81. The lowest BCUT2D eigenvalue weighted by molar-refractivity contribution is 0.102. The van der Waals surface area contributed by atoms with Crippen molar-refractivity contribution < 1.29 is 4.79 Å². The van der Waals surface area contributed by atoms with Crippen LogP contribution in [0, 0.1) is 0 Å². The summed E-state index contributed by atoms with van der Waals surface area (Å²) in [5.41, 5.74) is 3.38. The Morgan fingerprint density at radius 2 is 1.65 bits per heavy atom. The highest BCUT2D eigenvalue weighted by molar-refractivity contribution is 9.10. The molecule has 0 atom stereocenters. The smallest absolute Gasteiger partial charge is 0.273 e. The number of anilines is 2. The number of rotatable bonds is 4. The Kier molecular flexibility index (Phi) is 4.98. The van der Waals surface area contributed by atoms with Crippen molar-refractivity contribution in [1.82, 2.24) is 4.98 Å². The number of H-pyrrole nitrogens is 1. The minimum Gasteiger partial charge on any atom is -0.382 e. The van der Waals surface area contributed by atoms with Crippen molar-refractivity contribution in [1.29, 1.82) is 0 Å². The normalized spacial score (nSPS) is 15.1. The lowest BCUT2D eigenvalue weighted by Gasteiger charge is -2.23.